The first-order valence-corrected chi connectivity index (χ1v) is 9.20. The molecule has 0 amide bonds. The van der Waals surface area contributed by atoms with Crippen molar-refractivity contribution in [2.75, 3.05) is 12.4 Å². The molecule has 1 atom stereocenters. The van der Waals surface area contributed by atoms with Crippen LogP contribution in [0.1, 0.15) is 31.4 Å². The van der Waals surface area contributed by atoms with Crippen molar-refractivity contribution in [3.63, 3.8) is 0 Å². The Kier molecular flexibility index (Phi) is 6.14. The van der Waals surface area contributed by atoms with Crippen molar-refractivity contribution >= 4 is 17.4 Å². The van der Waals surface area contributed by atoms with E-state index in [-0.39, 0.29) is 11.8 Å². The molecule has 3 rings (SSSR count). The fourth-order valence-corrected chi connectivity index (χ4v) is 3.12. The number of hydrogen-bond donors (Lipinski definition) is 2. The summed E-state index contributed by atoms with van der Waals surface area (Å²) in [5.41, 5.74) is 2.62. The van der Waals surface area contributed by atoms with Crippen LogP contribution in [0.25, 0.3) is 11.3 Å². The molecule has 3 aromatic rings. The van der Waals surface area contributed by atoms with Crippen LogP contribution in [0.15, 0.2) is 54.9 Å². The van der Waals surface area contributed by atoms with Gasteiger partial charge in [0.05, 0.1) is 31.2 Å². The van der Waals surface area contributed by atoms with Gasteiger partial charge in [0.1, 0.15) is 5.82 Å². The molecule has 6 heteroatoms. The maximum Gasteiger partial charge on any atom is 0.161 e. The van der Waals surface area contributed by atoms with Gasteiger partial charge in [0.25, 0.3) is 0 Å². The third-order valence-corrected chi connectivity index (χ3v) is 4.50. The van der Waals surface area contributed by atoms with E-state index in [1.165, 1.54) is 7.11 Å². The number of ether oxygens (including phenoxy) is 1. The van der Waals surface area contributed by atoms with Crippen LogP contribution >= 0.6 is 11.6 Å². The predicted molar refractivity (Wildman–Crippen MR) is 108 cm³/mol. The number of hydrogen-bond acceptors (Lipinski definition) is 5. The largest absolute Gasteiger partial charge is 0.504 e. The average molecular weight is 384 g/mol. The summed E-state index contributed by atoms with van der Waals surface area (Å²) >= 11 is 6.15. The van der Waals surface area contributed by atoms with Gasteiger partial charge in [0, 0.05) is 10.6 Å². The van der Waals surface area contributed by atoms with Gasteiger partial charge in [-0.1, -0.05) is 37.1 Å². The lowest BCUT2D eigenvalue weighted by molar-refractivity contribution is 0.373. The minimum atomic E-state index is 0.0902. The number of nitrogens with zero attached hydrogens (tertiary/aromatic N) is 2. The lowest BCUT2D eigenvalue weighted by Gasteiger charge is -2.19. The lowest BCUT2D eigenvalue weighted by atomic mass is 10.0. The molecule has 0 bridgehead atoms. The number of phenolic OH excluding ortho intramolecular Hbond substituents is 1. The second-order valence-corrected chi connectivity index (χ2v) is 6.65. The van der Waals surface area contributed by atoms with Crippen molar-refractivity contribution in [1.29, 1.82) is 0 Å². The highest BCUT2D eigenvalue weighted by atomic mass is 35.5. The van der Waals surface area contributed by atoms with E-state index in [1.807, 2.05) is 18.2 Å². The molecule has 0 unspecified atom stereocenters. The van der Waals surface area contributed by atoms with Crippen LogP contribution in [-0.2, 0) is 0 Å². The van der Waals surface area contributed by atoms with E-state index in [2.05, 4.69) is 28.3 Å². The first-order valence-electron chi connectivity index (χ1n) is 8.82. The molecule has 27 heavy (non-hydrogen) atoms. The Labute approximate surface area is 164 Å². The smallest absolute Gasteiger partial charge is 0.161 e. The Bertz CT molecular complexity index is 917. The summed E-state index contributed by atoms with van der Waals surface area (Å²) in [6, 6.07) is 13.0. The number of nitrogens with one attached hydrogen (secondary N) is 1. The molecule has 0 aliphatic rings. The Hall–Kier alpha value is -2.79. The van der Waals surface area contributed by atoms with Crippen molar-refractivity contribution in [3.8, 4) is 22.8 Å². The van der Waals surface area contributed by atoms with Gasteiger partial charge in [-0.15, -0.1) is 0 Å². The monoisotopic (exact) mass is 383 g/mol. The Balaban J connectivity index is 1.88. The molecule has 0 aliphatic heterocycles. The van der Waals surface area contributed by atoms with E-state index in [0.717, 1.165) is 24.0 Å². The molecule has 0 aliphatic carbocycles. The molecular weight excluding hydrogens is 362 g/mol. The quantitative estimate of drug-likeness (QED) is 0.566. The number of halogens is 1. The summed E-state index contributed by atoms with van der Waals surface area (Å²) in [6.45, 7) is 2.14. The molecule has 140 valence electrons. The number of benzene rings is 2. The van der Waals surface area contributed by atoms with E-state index >= 15 is 0 Å². The fourth-order valence-electron chi connectivity index (χ4n) is 2.92. The zero-order valence-corrected chi connectivity index (χ0v) is 16.1. The van der Waals surface area contributed by atoms with Crippen molar-refractivity contribution in [3.05, 3.63) is 65.4 Å². The van der Waals surface area contributed by atoms with Gasteiger partial charge in [-0.2, -0.15) is 0 Å². The maximum absolute atomic E-state index is 9.78. The Morgan fingerprint density at radius 2 is 2.04 bits per heavy atom. The molecule has 2 N–H and O–H groups in total. The summed E-state index contributed by atoms with van der Waals surface area (Å²) in [5, 5.41) is 14.0. The first kappa shape index (κ1) is 19.0. The maximum atomic E-state index is 9.78. The number of anilines is 1. The standard InChI is InChI=1S/C21H22ClN3O2/c1-3-5-17(14-6-4-7-16(22)10-14)24-21-13-23-12-18(25-21)15-8-9-19(26)20(11-15)27-2/h4,6-13,17,26H,3,5H2,1-2H3,(H,24,25)/t17-/m0/s1. The fraction of sp³-hybridized carbons (Fsp3) is 0.238. The number of aromatic hydroxyl groups is 1. The van der Waals surface area contributed by atoms with Gasteiger partial charge in [-0.3, -0.25) is 4.98 Å². The first-order chi connectivity index (χ1) is 13.1. The molecule has 1 heterocycles. The molecule has 1 aromatic heterocycles. The number of methoxy groups -OCH3 is 1. The van der Waals surface area contributed by atoms with Crippen molar-refractivity contribution in [2.24, 2.45) is 0 Å². The second kappa shape index (κ2) is 8.73. The highest BCUT2D eigenvalue weighted by molar-refractivity contribution is 6.30. The topological polar surface area (TPSA) is 67.3 Å². The van der Waals surface area contributed by atoms with Crippen molar-refractivity contribution in [1.82, 2.24) is 9.97 Å². The van der Waals surface area contributed by atoms with Gasteiger partial charge in [0.15, 0.2) is 11.5 Å². The van der Waals surface area contributed by atoms with Crippen LogP contribution in [0.4, 0.5) is 5.82 Å². The number of phenols is 1. The highest BCUT2D eigenvalue weighted by Crippen LogP contribution is 2.31. The molecule has 0 radical (unpaired) electrons. The van der Waals surface area contributed by atoms with Crippen LogP contribution in [0.2, 0.25) is 5.02 Å². The molecule has 0 fully saturated rings. The van der Waals surface area contributed by atoms with E-state index in [1.54, 1.807) is 30.6 Å². The van der Waals surface area contributed by atoms with Gasteiger partial charge in [-0.05, 0) is 42.3 Å². The molecular formula is C21H22ClN3O2. The van der Waals surface area contributed by atoms with Gasteiger partial charge in [0.2, 0.25) is 0 Å². The third kappa shape index (κ3) is 4.68. The van der Waals surface area contributed by atoms with Gasteiger partial charge >= 0.3 is 0 Å². The summed E-state index contributed by atoms with van der Waals surface area (Å²) in [4.78, 5) is 8.98. The molecule has 0 saturated heterocycles. The highest BCUT2D eigenvalue weighted by Gasteiger charge is 2.13. The zero-order chi connectivity index (χ0) is 19.2. The third-order valence-electron chi connectivity index (χ3n) is 4.26. The van der Waals surface area contributed by atoms with E-state index < -0.39 is 0 Å². The van der Waals surface area contributed by atoms with Crippen LogP contribution < -0.4 is 10.1 Å². The molecule has 2 aromatic carbocycles. The van der Waals surface area contributed by atoms with E-state index in [4.69, 9.17) is 16.3 Å². The average Bonchev–Trinajstić information content (AvgIpc) is 2.68. The lowest BCUT2D eigenvalue weighted by Crippen LogP contribution is -2.12. The van der Waals surface area contributed by atoms with Crippen molar-refractivity contribution in [2.45, 2.75) is 25.8 Å². The normalized spacial score (nSPS) is 11.8. The zero-order valence-electron chi connectivity index (χ0n) is 15.3. The summed E-state index contributed by atoms with van der Waals surface area (Å²) in [7, 11) is 1.52. The SMILES string of the molecule is CCC[C@H](Nc1cncc(-c2ccc(O)c(OC)c2)n1)c1cccc(Cl)c1. The second-order valence-electron chi connectivity index (χ2n) is 6.22. The van der Waals surface area contributed by atoms with Crippen LogP contribution in [-0.4, -0.2) is 22.2 Å². The minimum absolute atomic E-state index is 0.0902. The minimum Gasteiger partial charge on any atom is -0.504 e. The van der Waals surface area contributed by atoms with Gasteiger partial charge in [-0.25, -0.2) is 4.98 Å². The number of rotatable bonds is 7. The summed E-state index contributed by atoms with van der Waals surface area (Å²) < 4.78 is 5.18. The Morgan fingerprint density at radius 3 is 2.78 bits per heavy atom. The summed E-state index contributed by atoms with van der Waals surface area (Å²) in [6.07, 6.45) is 5.35. The van der Waals surface area contributed by atoms with E-state index in [0.29, 0.717) is 22.3 Å². The molecule has 0 spiro atoms. The number of aromatic nitrogens is 2. The summed E-state index contributed by atoms with van der Waals surface area (Å²) in [5.74, 6) is 1.17. The van der Waals surface area contributed by atoms with Crippen LogP contribution in [0.5, 0.6) is 11.5 Å². The van der Waals surface area contributed by atoms with Crippen molar-refractivity contribution < 1.29 is 9.84 Å². The van der Waals surface area contributed by atoms with Gasteiger partial charge < -0.3 is 15.2 Å². The molecule has 5 nitrogen and oxygen atoms in total. The van der Waals surface area contributed by atoms with E-state index in [9.17, 15) is 5.11 Å². The van der Waals surface area contributed by atoms with Crippen LogP contribution in [0.3, 0.4) is 0 Å². The Morgan fingerprint density at radius 1 is 1.19 bits per heavy atom. The van der Waals surface area contributed by atoms with Crippen LogP contribution in [0, 0.1) is 0 Å². The predicted octanol–water partition coefficient (Wildman–Crippen LogP) is 5.46. The molecule has 0 saturated carbocycles.